The number of carbonyl (C=O) groups excluding carboxylic acids is 2. The molecule has 126 valence electrons. The lowest BCUT2D eigenvalue weighted by molar-refractivity contribution is -0.133. The Morgan fingerprint density at radius 1 is 0.583 bits per heavy atom. The summed E-state index contributed by atoms with van der Waals surface area (Å²) in [6.45, 7) is 11.7. The Kier molecular flexibility index (Phi) is 5.07. The Labute approximate surface area is 143 Å². The van der Waals surface area contributed by atoms with Gasteiger partial charge in [-0.15, -0.1) is 0 Å². The first-order valence-electron chi connectivity index (χ1n) is 7.97. The Bertz CT molecular complexity index is 707. The highest BCUT2D eigenvalue weighted by atomic mass is 16.2. The highest BCUT2D eigenvalue weighted by Gasteiger charge is 2.18. The molecule has 2 aromatic rings. The molecule has 0 aliphatic heterocycles. The summed E-state index contributed by atoms with van der Waals surface area (Å²) in [6, 6.07) is 7.92. The molecular weight excluding hydrogens is 300 g/mol. The van der Waals surface area contributed by atoms with E-state index in [9.17, 15) is 9.59 Å². The van der Waals surface area contributed by atoms with E-state index in [1.165, 1.54) is 0 Å². The van der Waals surface area contributed by atoms with Crippen molar-refractivity contribution >= 4 is 23.2 Å². The predicted octanol–water partition coefficient (Wildman–Crippen LogP) is 4.11. The van der Waals surface area contributed by atoms with Gasteiger partial charge in [0.05, 0.1) is 0 Å². The topological polar surface area (TPSA) is 58.2 Å². The third-order valence-electron chi connectivity index (χ3n) is 4.04. The highest BCUT2D eigenvalue weighted by Crippen LogP contribution is 2.23. The van der Waals surface area contributed by atoms with Crippen LogP contribution in [0, 0.1) is 41.5 Å². The highest BCUT2D eigenvalue weighted by molar-refractivity contribution is 6.44. The third kappa shape index (κ3) is 3.82. The molecule has 0 fully saturated rings. The molecule has 2 rings (SSSR count). The van der Waals surface area contributed by atoms with Gasteiger partial charge in [0.15, 0.2) is 0 Å². The molecule has 0 unspecified atom stereocenters. The molecular formula is C20H24N2O2. The molecule has 24 heavy (non-hydrogen) atoms. The van der Waals surface area contributed by atoms with Crippen molar-refractivity contribution in [1.29, 1.82) is 0 Å². The van der Waals surface area contributed by atoms with Crippen LogP contribution in [0.3, 0.4) is 0 Å². The number of nitrogens with one attached hydrogen (secondary N) is 2. The molecule has 0 heterocycles. The molecule has 0 aliphatic carbocycles. The largest absolute Gasteiger partial charge is 0.317 e. The third-order valence-corrected chi connectivity index (χ3v) is 4.04. The van der Waals surface area contributed by atoms with E-state index >= 15 is 0 Å². The Hall–Kier alpha value is -2.62. The van der Waals surface area contributed by atoms with Crippen LogP contribution in [0.4, 0.5) is 11.4 Å². The average molecular weight is 324 g/mol. The quantitative estimate of drug-likeness (QED) is 0.817. The molecule has 2 amide bonds. The molecule has 2 N–H and O–H groups in total. The molecule has 0 bridgehead atoms. The second-order valence-corrected chi connectivity index (χ2v) is 6.46. The van der Waals surface area contributed by atoms with E-state index in [4.69, 9.17) is 0 Å². The molecule has 0 aromatic heterocycles. The van der Waals surface area contributed by atoms with Crippen LogP contribution in [-0.2, 0) is 9.59 Å². The molecule has 0 saturated carbocycles. The standard InChI is InChI=1S/C20H24N2O2/c1-11-7-13(3)17(14(4)8-11)21-19(23)20(24)22-18-15(5)9-12(2)10-16(18)6/h7-10H,1-6H3,(H,21,23)(H,22,24). The Morgan fingerprint density at radius 3 is 1.08 bits per heavy atom. The molecule has 4 heteroatoms. The van der Waals surface area contributed by atoms with Crippen LogP contribution in [0.15, 0.2) is 24.3 Å². The number of anilines is 2. The van der Waals surface area contributed by atoms with Gasteiger partial charge in [0.2, 0.25) is 0 Å². The van der Waals surface area contributed by atoms with Gasteiger partial charge in [-0.05, 0) is 63.8 Å². The number of benzene rings is 2. The van der Waals surface area contributed by atoms with E-state index in [2.05, 4.69) is 10.6 Å². The van der Waals surface area contributed by atoms with Crippen molar-refractivity contribution in [2.24, 2.45) is 0 Å². The normalized spacial score (nSPS) is 10.4. The van der Waals surface area contributed by atoms with Crippen LogP contribution >= 0.6 is 0 Å². The molecule has 0 spiro atoms. The molecule has 4 nitrogen and oxygen atoms in total. The lowest BCUT2D eigenvalue weighted by Crippen LogP contribution is -2.30. The van der Waals surface area contributed by atoms with Gasteiger partial charge in [-0.25, -0.2) is 0 Å². The van der Waals surface area contributed by atoms with Crippen molar-refractivity contribution in [3.8, 4) is 0 Å². The average Bonchev–Trinajstić information content (AvgIpc) is 2.46. The lowest BCUT2D eigenvalue weighted by atomic mass is 10.0. The number of aryl methyl sites for hydroxylation is 6. The minimum Gasteiger partial charge on any atom is -0.317 e. The van der Waals surface area contributed by atoms with Gasteiger partial charge < -0.3 is 10.6 Å². The van der Waals surface area contributed by atoms with Gasteiger partial charge in [-0.3, -0.25) is 9.59 Å². The number of rotatable bonds is 2. The second kappa shape index (κ2) is 6.87. The maximum absolute atomic E-state index is 12.3. The molecule has 0 saturated heterocycles. The van der Waals surface area contributed by atoms with Crippen molar-refractivity contribution in [3.05, 3.63) is 57.6 Å². The molecule has 0 atom stereocenters. The zero-order valence-electron chi connectivity index (χ0n) is 15.1. The maximum Gasteiger partial charge on any atom is 0.314 e. The molecule has 0 aliphatic rings. The predicted molar refractivity (Wildman–Crippen MR) is 98.6 cm³/mol. The fourth-order valence-corrected chi connectivity index (χ4v) is 3.09. The Morgan fingerprint density at radius 2 is 0.833 bits per heavy atom. The van der Waals surface area contributed by atoms with Crippen LogP contribution in [0.25, 0.3) is 0 Å². The summed E-state index contributed by atoms with van der Waals surface area (Å²) in [4.78, 5) is 24.5. The fraction of sp³-hybridized carbons (Fsp3) is 0.300. The Balaban J connectivity index is 2.19. The maximum atomic E-state index is 12.3. The van der Waals surface area contributed by atoms with E-state index < -0.39 is 11.8 Å². The van der Waals surface area contributed by atoms with Gasteiger partial charge in [0.1, 0.15) is 0 Å². The summed E-state index contributed by atoms with van der Waals surface area (Å²) >= 11 is 0. The van der Waals surface area contributed by atoms with E-state index in [0.29, 0.717) is 11.4 Å². The summed E-state index contributed by atoms with van der Waals surface area (Å²) in [6.07, 6.45) is 0. The van der Waals surface area contributed by atoms with Crippen molar-refractivity contribution in [2.75, 3.05) is 10.6 Å². The van der Waals surface area contributed by atoms with Gasteiger partial charge in [0, 0.05) is 11.4 Å². The van der Waals surface area contributed by atoms with Gasteiger partial charge in [-0.2, -0.15) is 0 Å². The van der Waals surface area contributed by atoms with Crippen molar-refractivity contribution in [1.82, 2.24) is 0 Å². The van der Waals surface area contributed by atoms with Gasteiger partial charge in [-0.1, -0.05) is 35.4 Å². The minimum absolute atomic E-state index is 0.663. The summed E-state index contributed by atoms with van der Waals surface area (Å²) in [7, 11) is 0. The zero-order chi connectivity index (χ0) is 18.0. The molecule has 0 radical (unpaired) electrons. The van der Waals surface area contributed by atoms with Crippen LogP contribution in [0.2, 0.25) is 0 Å². The van der Waals surface area contributed by atoms with Crippen molar-refractivity contribution in [3.63, 3.8) is 0 Å². The summed E-state index contributed by atoms with van der Waals surface area (Å²) in [5.41, 5.74) is 7.40. The fourth-order valence-electron chi connectivity index (χ4n) is 3.09. The van der Waals surface area contributed by atoms with Gasteiger partial charge in [0.25, 0.3) is 0 Å². The number of hydrogen-bond acceptors (Lipinski definition) is 2. The number of amides is 2. The summed E-state index contributed by atoms with van der Waals surface area (Å²) < 4.78 is 0. The first kappa shape index (κ1) is 17.7. The number of carbonyl (C=O) groups is 2. The second-order valence-electron chi connectivity index (χ2n) is 6.46. The van der Waals surface area contributed by atoms with Crippen molar-refractivity contribution in [2.45, 2.75) is 41.5 Å². The zero-order valence-corrected chi connectivity index (χ0v) is 15.1. The first-order valence-corrected chi connectivity index (χ1v) is 7.97. The van der Waals surface area contributed by atoms with Crippen LogP contribution in [0.1, 0.15) is 33.4 Å². The number of hydrogen-bond donors (Lipinski definition) is 2. The summed E-state index contributed by atoms with van der Waals surface area (Å²) in [5, 5.41) is 5.45. The van der Waals surface area contributed by atoms with E-state index in [1.807, 2.05) is 65.8 Å². The first-order chi connectivity index (χ1) is 11.2. The lowest BCUT2D eigenvalue weighted by Gasteiger charge is -2.15. The smallest absolute Gasteiger partial charge is 0.314 e. The monoisotopic (exact) mass is 324 g/mol. The SMILES string of the molecule is Cc1cc(C)c(NC(=O)C(=O)Nc2c(C)cc(C)cc2C)c(C)c1. The van der Waals surface area contributed by atoms with Crippen LogP contribution < -0.4 is 10.6 Å². The van der Waals surface area contributed by atoms with E-state index in [-0.39, 0.29) is 0 Å². The van der Waals surface area contributed by atoms with Crippen LogP contribution in [-0.4, -0.2) is 11.8 Å². The molecule has 2 aromatic carbocycles. The summed E-state index contributed by atoms with van der Waals surface area (Å²) in [5.74, 6) is -1.33. The van der Waals surface area contributed by atoms with Crippen LogP contribution in [0.5, 0.6) is 0 Å². The van der Waals surface area contributed by atoms with Gasteiger partial charge >= 0.3 is 11.8 Å². The van der Waals surface area contributed by atoms with E-state index in [0.717, 1.165) is 33.4 Å². The van der Waals surface area contributed by atoms with E-state index in [1.54, 1.807) is 0 Å². The minimum atomic E-state index is -0.663. The van der Waals surface area contributed by atoms with Crippen molar-refractivity contribution < 1.29 is 9.59 Å².